The molecular weight excluding hydrogens is 1890 g/mol. The number of likely N-dealkylation sites (N-methyl/N-ethyl adjacent to an activating group) is 3. The van der Waals surface area contributed by atoms with Gasteiger partial charge in [-0.25, -0.2) is 0 Å². The highest BCUT2D eigenvalue weighted by Gasteiger charge is 2.25. The lowest BCUT2D eigenvalue weighted by Gasteiger charge is -2.03. The number of nitrogens with zero attached hydrogens (tertiary/aromatic N) is 3. The molecule has 1 fully saturated rings. The summed E-state index contributed by atoms with van der Waals surface area (Å²) in [5, 5.41) is 0. The normalized spacial score (nSPS) is 11.2. The molecule has 856 valence electrons. The standard InChI is InChI=1S/2C12H21NO2.2C11H18O2.2C10H16O2.2C10H14O2.C9H17NO.C8H14O.C7H12O.C6H10O.C5H10O.C5H10/c2*1-10(2)12(15)8-7-11(14)6-5-9-13(3)4;2*1-8(2)7-10(12)5-6-11(13)9(3)4;4*1-4-5-9(11)6-7-10(12)8(2)3;1-8(2)9(11)6-5-7-10(3)4;1-6(2)5-8(9)7(3)4;1-4-5-7(8)6(2)3;1-4-6(7)5(2)3;1-4(2)5-3-6-5;1-4-5(2)3/h2*5-6,10H,7-9H2,1-4H3;2*7,9H,5-6H2,1-4H3;2*4-5,8H,6-7H2,1-3H3;2*8H,6-7H2,1-3H3;5-6,8H,7H2,1-4H3;5,7H,1-4H3;4-6H,1-3H3;4-5H,1H2,2-3H3;4-5H,3H2,1-2H3;4-5H,1H2,2-3H3/b2*6-5+;;;2*5-4-;;;6-5+;;5-4-;;;. The third kappa shape index (κ3) is 144. The number of carbonyl (C=O) groups excluding carboxylic acids is 20. The molecule has 0 spiro atoms. The Balaban J connectivity index is -0.000000123. The van der Waals surface area contributed by atoms with Crippen LogP contribution in [0.3, 0.4) is 0 Å². The molecule has 24 nitrogen and oxygen atoms in total. The van der Waals surface area contributed by atoms with Gasteiger partial charge in [-0.2, -0.15) is 0 Å². The zero-order valence-corrected chi connectivity index (χ0v) is 102. The van der Waals surface area contributed by atoms with Crippen LogP contribution >= 0.6 is 0 Å². The summed E-state index contributed by atoms with van der Waals surface area (Å²) in [4.78, 5) is 226. The first-order valence-electron chi connectivity index (χ1n) is 53.1. The van der Waals surface area contributed by atoms with E-state index in [1.807, 2.05) is 296 Å². The number of ketones is 20. The average Bonchev–Trinajstić information content (AvgIpc) is 1.77. The van der Waals surface area contributed by atoms with E-state index in [9.17, 15) is 95.9 Å². The van der Waals surface area contributed by atoms with E-state index < -0.39 is 0 Å². The number of ether oxygens (including phenoxy) is 1. The Hall–Kier alpha value is -10.5. The molecule has 0 aromatic carbocycles. The summed E-state index contributed by atoms with van der Waals surface area (Å²) in [5.41, 5.74) is 3.05. The summed E-state index contributed by atoms with van der Waals surface area (Å²) in [7, 11) is 11.7. The first kappa shape index (κ1) is 167. The fourth-order valence-corrected chi connectivity index (χ4v) is 9.00. The van der Waals surface area contributed by atoms with Gasteiger partial charge in [-0.15, -0.1) is 6.58 Å². The van der Waals surface area contributed by atoms with Gasteiger partial charge in [-0.05, 0) is 203 Å². The molecule has 1 saturated heterocycles. The van der Waals surface area contributed by atoms with Crippen molar-refractivity contribution in [3.8, 4) is 23.7 Å². The molecule has 0 radical (unpaired) electrons. The molecule has 1 aliphatic heterocycles. The molecule has 0 saturated carbocycles. The lowest BCUT2D eigenvalue weighted by molar-refractivity contribution is -0.124. The van der Waals surface area contributed by atoms with E-state index in [1.54, 1.807) is 88.5 Å². The lowest BCUT2D eigenvalue weighted by atomic mass is 10.0. The third-order valence-corrected chi connectivity index (χ3v) is 19.3. The second-order valence-corrected chi connectivity index (χ2v) is 41.5. The molecule has 0 aromatic heterocycles. The van der Waals surface area contributed by atoms with Gasteiger partial charge in [0.25, 0.3) is 0 Å². The number of Topliss-reactive ketones (excluding diaryl/α,β-unsaturated/α-hetero) is 10. The maximum Gasteiger partial charge on any atom is 0.205 e. The van der Waals surface area contributed by atoms with Crippen LogP contribution in [0.4, 0.5) is 0 Å². The summed E-state index contributed by atoms with van der Waals surface area (Å²) in [5.74, 6) is 13.9. The number of hydrogen-bond donors (Lipinski definition) is 0. The maximum atomic E-state index is 11.3. The van der Waals surface area contributed by atoms with Crippen molar-refractivity contribution in [3.63, 3.8) is 0 Å². The molecule has 0 amide bonds. The van der Waals surface area contributed by atoms with E-state index in [4.69, 9.17) is 4.74 Å². The largest absolute Gasteiger partial charge is 0.373 e. The number of carbonyl (C=O) groups is 20. The first-order chi connectivity index (χ1) is 69.0. The Morgan fingerprint density at radius 1 is 0.273 bits per heavy atom. The summed E-state index contributed by atoms with van der Waals surface area (Å²) < 4.78 is 4.97. The first-order valence-corrected chi connectivity index (χ1v) is 53.1. The van der Waals surface area contributed by atoms with Gasteiger partial charge in [0.1, 0.15) is 46.3 Å². The second-order valence-electron chi connectivity index (χ2n) is 41.5. The van der Waals surface area contributed by atoms with Gasteiger partial charge in [0, 0.05) is 193 Å². The molecule has 0 aliphatic carbocycles. The van der Waals surface area contributed by atoms with Crippen LogP contribution in [-0.4, -0.2) is 205 Å². The van der Waals surface area contributed by atoms with Crippen molar-refractivity contribution in [2.24, 2.45) is 82.9 Å². The number of rotatable bonds is 54. The zero-order valence-electron chi connectivity index (χ0n) is 102. The van der Waals surface area contributed by atoms with Crippen molar-refractivity contribution in [3.05, 3.63) is 133 Å². The molecule has 1 atom stereocenters. The maximum absolute atomic E-state index is 11.3. The van der Waals surface area contributed by atoms with E-state index in [0.717, 1.165) is 48.9 Å². The fourth-order valence-electron chi connectivity index (χ4n) is 9.00. The summed E-state index contributed by atoms with van der Waals surface area (Å²) >= 11 is 0. The van der Waals surface area contributed by atoms with Crippen molar-refractivity contribution in [1.82, 2.24) is 14.7 Å². The second kappa shape index (κ2) is 110. The van der Waals surface area contributed by atoms with Gasteiger partial charge < -0.3 is 19.4 Å². The molecule has 1 aliphatic rings. The van der Waals surface area contributed by atoms with Crippen molar-refractivity contribution in [2.45, 2.75) is 379 Å². The highest BCUT2D eigenvalue weighted by Crippen LogP contribution is 2.18. The highest BCUT2D eigenvalue weighted by molar-refractivity contribution is 6.00. The molecular formula is C126H211N3O21. The van der Waals surface area contributed by atoms with Crippen molar-refractivity contribution >= 4 is 116 Å². The van der Waals surface area contributed by atoms with Gasteiger partial charge in [0.15, 0.2) is 57.8 Å². The highest BCUT2D eigenvalue weighted by atomic mass is 16.6. The van der Waals surface area contributed by atoms with E-state index in [1.165, 1.54) is 18.2 Å². The van der Waals surface area contributed by atoms with Crippen molar-refractivity contribution in [2.75, 3.05) is 68.5 Å². The summed E-state index contributed by atoms with van der Waals surface area (Å²) in [6.07, 6.45) is 34.3. The Labute approximate surface area is 912 Å². The predicted octanol–water partition coefficient (Wildman–Crippen LogP) is 25.4. The summed E-state index contributed by atoms with van der Waals surface area (Å²) in [6, 6.07) is 0. The van der Waals surface area contributed by atoms with E-state index in [-0.39, 0.29) is 200 Å². The minimum atomic E-state index is -0.147. The SMILES string of the molecule is C/C=C\C(=O)C(C)C.C/C=C\C(=O)CCC(=O)C(C)C.C/C=C\C(=O)CCC(=O)C(C)C.C=CC(=O)C(C)C.C=CC(C)C.CC#CC(=O)CCC(=O)C(C)C.CC#CC(=O)CCC(=O)C(C)C.CC(C)=CC(=O)C(C)C.CC(C)=CC(=O)CCC(=O)C(C)C.CC(C)=CC(=O)CCC(=O)C(C)C.CC(C)C(=O)/C=C/CN(C)C.CC(C)C(=O)CCC(=O)/C=C/CN(C)C.CC(C)C(=O)CCC(=O)/C=C/CN(C)C.CC(C)C1CO1. The molecule has 24 heteroatoms. The number of epoxide rings is 1. The van der Waals surface area contributed by atoms with Crippen LogP contribution in [-0.2, 0) is 101 Å². The molecule has 150 heavy (non-hydrogen) atoms. The number of allylic oxidation sites excluding steroid dienone is 17. The lowest BCUT2D eigenvalue weighted by Crippen LogP contribution is -2.11. The van der Waals surface area contributed by atoms with Gasteiger partial charge in [0.05, 0.1) is 12.7 Å². The fraction of sp³-hybridized carbons (Fsp3) is 0.635. The van der Waals surface area contributed by atoms with Crippen LogP contribution in [0.2, 0.25) is 0 Å². The Morgan fingerprint density at radius 2 is 0.473 bits per heavy atom. The molecule has 0 aromatic rings. The van der Waals surface area contributed by atoms with Gasteiger partial charge in [0.2, 0.25) is 11.6 Å². The van der Waals surface area contributed by atoms with Crippen LogP contribution in [0.25, 0.3) is 0 Å². The monoisotopic (exact) mass is 2100 g/mol. The molecule has 1 rings (SSSR count). The van der Waals surface area contributed by atoms with Crippen LogP contribution in [0, 0.1) is 107 Å². The minimum Gasteiger partial charge on any atom is -0.373 e. The minimum absolute atomic E-state index is 0.0207. The molecule has 1 unspecified atom stereocenters. The number of hydrogen-bond acceptors (Lipinski definition) is 24. The molecule has 0 bridgehead atoms. The smallest absolute Gasteiger partial charge is 0.205 e. The van der Waals surface area contributed by atoms with E-state index in [0.29, 0.717) is 102 Å². The molecule has 1 heterocycles. The third-order valence-electron chi connectivity index (χ3n) is 19.3. The van der Waals surface area contributed by atoms with Crippen LogP contribution in [0.15, 0.2) is 133 Å². The molecule has 0 N–H and O–H groups in total. The average molecular weight is 2100 g/mol. The topological polar surface area (TPSA) is 364 Å². The Bertz CT molecular complexity index is 4120. The van der Waals surface area contributed by atoms with Gasteiger partial charge in [-0.3, -0.25) is 95.9 Å². The predicted molar refractivity (Wildman–Crippen MR) is 625 cm³/mol. The zero-order chi connectivity index (χ0) is 120. The van der Waals surface area contributed by atoms with Crippen molar-refractivity contribution < 1.29 is 101 Å². The van der Waals surface area contributed by atoms with Crippen molar-refractivity contribution in [1.29, 1.82) is 0 Å². The Morgan fingerprint density at radius 3 is 0.613 bits per heavy atom. The van der Waals surface area contributed by atoms with E-state index >= 15 is 0 Å². The summed E-state index contributed by atoms with van der Waals surface area (Å²) in [6.45, 7) is 83.5. The van der Waals surface area contributed by atoms with Gasteiger partial charge >= 0.3 is 0 Å². The van der Waals surface area contributed by atoms with Crippen LogP contribution in [0.1, 0.15) is 373 Å². The van der Waals surface area contributed by atoms with Crippen LogP contribution in [0.5, 0.6) is 0 Å². The van der Waals surface area contributed by atoms with E-state index in [2.05, 4.69) is 64.5 Å². The Kier molecular flexibility index (Phi) is 122. The quantitative estimate of drug-likeness (QED) is 0.0179. The van der Waals surface area contributed by atoms with Gasteiger partial charge in [-0.1, -0.05) is 272 Å². The van der Waals surface area contributed by atoms with Crippen LogP contribution < -0.4 is 0 Å².